The summed E-state index contributed by atoms with van der Waals surface area (Å²) in [5.41, 5.74) is 1.48. The smallest absolute Gasteiger partial charge is 0.349 e. The summed E-state index contributed by atoms with van der Waals surface area (Å²) in [5, 5.41) is 11.4. The standard InChI is InChI=1S/C15H16N4O4S/c1-7-5-12(23-18-7)16-13(20)9(3)22-15(21)11-6-10-8(2)17-19(4)14(10)24-11/h5-6,9H,1-4H3,(H,16,20). The van der Waals surface area contributed by atoms with Gasteiger partial charge >= 0.3 is 5.97 Å². The van der Waals surface area contributed by atoms with E-state index in [1.54, 1.807) is 23.7 Å². The van der Waals surface area contributed by atoms with Gasteiger partial charge in [-0.1, -0.05) is 5.16 Å². The van der Waals surface area contributed by atoms with Crippen LogP contribution in [-0.2, 0) is 16.6 Å². The van der Waals surface area contributed by atoms with Crippen LogP contribution in [0.25, 0.3) is 10.2 Å². The Labute approximate surface area is 141 Å². The summed E-state index contributed by atoms with van der Waals surface area (Å²) in [6.45, 7) is 5.11. The maximum Gasteiger partial charge on any atom is 0.349 e. The van der Waals surface area contributed by atoms with Gasteiger partial charge in [0.25, 0.3) is 5.91 Å². The van der Waals surface area contributed by atoms with Crippen molar-refractivity contribution < 1.29 is 18.8 Å². The van der Waals surface area contributed by atoms with Gasteiger partial charge in [0.15, 0.2) is 6.10 Å². The highest BCUT2D eigenvalue weighted by Crippen LogP contribution is 2.28. The van der Waals surface area contributed by atoms with Crippen molar-refractivity contribution in [1.82, 2.24) is 14.9 Å². The summed E-state index contributed by atoms with van der Waals surface area (Å²) in [5.74, 6) is -0.825. The number of nitrogens with zero attached hydrogens (tertiary/aromatic N) is 3. The van der Waals surface area contributed by atoms with Crippen LogP contribution in [0.3, 0.4) is 0 Å². The molecule has 9 heteroatoms. The minimum absolute atomic E-state index is 0.212. The molecule has 0 spiro atoms. The van der Waals surface area contributed by atoms with E-state index < -0.39 is 18.0 Å². The average molecular weight is 348 g/mol. The fourth-order valence-corrected chi connectivity index (χ4v) is 3.23. The molecule has 1 amide bonds. The number of aryl methyl sites for hydroxylation is 3. The molecule has 126 valence electrons. The molecule has 3 aromatic heterocycles. The van der Waals surface area contributed by atoms with E-state index in [1.165, 1.54) is 18.3 Å². The van der Waals surface area contributed by atoms with Gasteiger partial charge in [-0.05, 0) is 26.8 Å². The molecule has 0 saturated heterocycles. The first-order chi connectivity index (χ1) is 11.3. The molecule has 0 aliphatic carbocycles. The molecule has 8 nitrogen and oxygen atoms in total. The predicted octanol–water partition coefficient (Wildman–Crippen LogP) is 2.42. The Hall–Kier alpha value is -2.68. The molecule has 1 unspecified atom stereocenters. The topological polar surface area (TPSA) is 99.2 Å². The van der Waals surface area contributed by atoms with Gasteiger partial charge in [-0.3, -0.25) is 14.8 Å². The Morgan fingerprint density at radius 3 is 2.75 bits per heavy atom. The third-order valence-electron chi connectivity index (χ3n) is 3.42. The normalized spacial score (nSPS) is 12.3. The number of amides is 1. The number of anilines is 1. The molecule has 0 saturated carbocycles. The molecule has 0 aliphatic rings. The molecule has 0 bridgehead atoms. The van der Waals surface area contributed by atoms with E-state index in [1.807, 2.05) is 14.0 Å². The molecule has 0 aliphatic heterocycles. The van der Waals surface area contributed by atoms with E-state index in [4.69, 9.17) is 9.26 Å². The van der Waals surface area contributed by atoms with Crippen LogP contribution in [0, 0.1) is 13.8 Å². The lowest BCUT2D eigenvalue weighted by molar-refractivity contribution is -0.123. The van der Waals surface area contributed by atoms with E-state index in [0.29, 0.717) is 10.6 Å². The van der Waals surface area contributed by atoms with Gasteiger partial charge in [-0.25, -0.2) is 4.79 Å². The van der Waals surface area contributed by atoms with Crippen molar-refractivity contribution in [3.63, 3.8) is 0 Å². The second kappa shape index (κ2) is 6.08. The van der Waals surface area contributed by atoms with Gasteiger partial charge in [0.2, 0.25) is 5.88 Å². The minimum Gasteiger partial charge on any atom is -0.448 e. The van der Waals surface area contributed by atoms with Crippen molar-refractivity contribution in [2.75, 3.05) is 5.32 Å². The quantitative estimate of drug-likeness (QED) is 0.727. The summed E-state index contributed by atoms with van der Waals surface area (Å²) < 4.78 is 11.8. The molecule has 0 radical (unpaired) electrons. The number of carbonyl (C=O) groups is 2. The molecule has 1 N–H and O–H groups in total. The second-order valence-corrected chi connectivity index (χ2v) is 6.44. The first-order valence-electron chi connectivity index (χ1n) is 7.23. The molecular formula is C15H16N4O4S. The van der Waals surface area contributed by atoms with E-state index in [0.717, 1.165) is 15.9 Å². The monoisotopic (exact) mass is 348 g/mol. The first-order valence-corrected chi connectivity index (χ1v) is 8.05. The molecule has 0 fully saturated rings. The van der Waals surface area contributed by atoms with E-state index >= 15 is 0 Å². The molecule has 1 atom stereocenters. The molecule has 3 rings (SSSR count). The van der Waals surface area contributed by atoms with E-state index in [-0.39, 0.29) is 5.88 Å². The highest BCUT2D eigenvalue weighted by molar-refractivity contribution is 7.20. The number of esters is 1. The molecular weight excluding hydrogens is 332 g/mol. The number of nitrogens with one attached hydrogen (secondary N) is 1. The van der Waals surface area contributed by atoms with E-state index in [9.17, 15) is 9.59 Å². The Morgan fingerprint density at radius 1 is 1.38 bits per heavy atom. The van der Waals surface area contributed by atoms with Crippen LogP contribution in [0.15, 0.2) is 16.7 Å². The second-order valence-electron chi connectivity index (χ2n) is 5.41. The summed E-state index contributed by atoms with van der Waals surface area (Å²) >= 11 is 1.28. The van der Waals surface area contributed by atoms with Crippen LogP contribution in [0.5, 0.6) is 0 Å². The van der Waals surface area contributed by atoms with Crippen molar-refractivity contribution in [1.29, 1.82) is 0 Å². The highest BCUT2D eigenvalue weighted by Gasteiger charge is 2.22. The Bertz CT molecular complexity index is 889. The Morgan fingerprint density at radius 2 is 2.12 bits per heavy atom. The van der Waals surface area contributed by atoms with Crippen LogP contribution in [0.2, 0.25) is 0 Å². The number of hydrogen-bond acceptors (Lipinski definition) is 7. The maximum atomic E-state index is 12.2. The lowest BCUT2D eigenvalue weighted by atomic mass is 10.3. The number of aromatic nitrogens is 3. The van der Waals surface area contributed by atoms with Crippen molar-refractivity contribution in [2.45, 2.75) is 26.9 Å². The fraction of sp³-hybridized carbons (Fsp3) is 0.333. The van der Waals surface area contributed by atoms with Crippen LogP contribution in [0.4, 0.5) is 5.88 Å². The number of rotatable bonds is 4. The zero-order chi connectivity index (χ0) is 17.4. The van der Waals surface area contributed by atoms with Crippen LogP contribution in [0.1, 0.15) is 28.0 Å². The third-order valence-corrected chi connectivity index (χ3v) is 4.61. The van der Waals surface area contributed by atoms with Crippen LogP contribution >= 0.6 is 11.3 Å². The van der Waals surface area contributed by atoms with Crippen LogP contribution in [-0.4, -0.2) is 32.9 Å². The largest absolute Gasteiger partial charge is 0.448 e. The minimum atomic E-state index is -0.965. The zero-order valence-corrected chi connectivity index (χ0v) is 14.4. The number of hydrogen-bond donors (Lipinski definition) is 1. The molecule has 24 heavy (non-hydrogen) atoms. The van der Waals surface area contributed by atoms with Gasteiger partial charge in [-0.15, -0.1) is 11.3 Å². The third kappa shape index (κ3) is 3.02. The first kappa shape index (κ1) is 16.2. The Kier molecular flexibility index (Phi) is 4.10. The number of ether oxygens (including phenoxy) is 1. The van der Waals surface area contributed by atoms with Crippen LogP contribution < -0.4 is 5.32 Å². The predicted molar refractivity (Wildman–Crippen MR) is 88.1 cm³/mol. The lowest BCUT2D eigenvalue weighted by Gasteiger charge is -2.11. The molecule has 0 aromatic carbocycles. The molecule has 3 aromatic rings. The fourth-order valence-electron chi connectivity index (χ4n) is 2.22. The van der Waals surface area contributed by atoms with Gasteiger partial charge < -0.3 is 9.26 Å². The number of thiophene rings is 1. The van der Waals surface area contributed by atoms with Crippen molar-refractivity contribution in [2.24, 2.45) is 7.05 Å². The van der Waals surface area contributed by atoms with Gasteiger partial charge in [0, 0.05) is 18.5 Å². The highest BCUT2D eigenvalue weighted by atomic mass is 32.1. The number of fused-ring (bicyclic) bond motifs is 1. The maximum absolute atomic E-state index is 12.2. The summed E-state index contributed by atoms with van der Waals surface area (Å²) in [4.78, 5) is 25.6. The summed E-state index contributed by atoms with van der Waals surface area (Å²) in [7, 11) is 1.82. The van der Waals surface area contributed by atoms with Gasteiger partial charge in [-0.2, -0.15) is 5.10 Å². The lowest BCUT2D eigenvalue weighted by Crippen LogP contribution is -2.29. The average Bonchev–Trinajstić information content (AvgIpc) is 3.18. The SMILES string of the molecule is Cc1cc(NC(=O)C(C)OC(=O)c2cc3c(C)nn(C)c3s2)on1. The van der Waals surface area contributed by atoms with Crippen molar-refractivity contribution in [3.05, 3.63) is 28.4 Å². The van der Waals surface area contributed by atoms with Gasteiger partial charge in [0.1, 0.15) is 9.71 Å². The van der Waals surface area contributed by atoms with Crippen molar-refractivity contribution >= 4 is 39.3 Å². The van der Waals surface area contributed by atoms with Gasteiger partial charge in [0.05, 0.1) is 11.4 Å². The molecule has 3 heterocycles. The summed E-state index contributed by atoms with van der Waals surface area (Å²) in [6.07, 6.45) is -0.965. The number of carbonyl (C=O) groups excluding carboxylic acids is 2. The van der Waals surface area contributed by atoms with Crippen molar-refractivity contribution in [3.8, 4) is 0 Å². The Balaban J connectivity index is 1.68. The summed E-state index contributed by atoms with van der Waals surface area (Å²) in [6, 6.07) is 3.31. The van der Waals surface area contributed by atoms with E-state index in [2.05, 4.69) is 15.6 Å². The zero-order valence-electron chi connectivity index (χ0n) is 13.6.